The lowest BCUT2D eigenvalue weighted by atomic mass is 10.1. The molecule has 4 aromatic rings. The fourth-order valence-corrected chi connectivity index (χ4v) is 3.14. The molecule has 0 radical (unpaired) electrons. The first kappa shape index (κ1) is 17.0. The first-order valence-electron chi connectivity index (χ1n) is 8.57. The molecular weight excluding hydrogens is 345 g/mol. The van der Waals surface area contributed by atoms with E-state index in [4.69, 9.17) is 4.52 Å². The third kappa shape index (κ3) is 3.21. The van der Waals surface area contributed by atoms with Gasteiger partial charge in [0.2, 0.25) is 0 Å². The lowest BCUT2D eigenvalue weighted by Gasteiger charge is -2.14. The second-order valence-corrected chi connectivity index (χ2v) is 6.52. The molecule has 2 heterocycles. The topological polar surface area (TPSA) is 62.1 Å². The van der Waals surface area contributed by atoms with Gasteiger partial charge in [0, 0.05) is 29.6 Å². The van der Waals surface area contributed by atoms with E-state index in [9.17, 15) is 9.18 Å². The second-order valence-electron chi connectivity index (χ2n) is 6.52. The maximum Gasteiger partial charge on any atom is 0.270 e. The Hall–Kier alpha value is -3.41. The summed E-state index contributed by atoms with van der Waals surface area (Å²) < 4.78 is 18.9. The van der Waals surface area contributed by atoms with Crippen molar-refractivity contribution >= 4 is 16.8 Å². The van der Waals surface area contributed by atoms with Gasteiger partial charge in [-0.15, -0.1) is 0 Å². The number of hydrogen-bond donors (Lipinski definition) is 1. The number of rotatable bonds is 4. The second kappa shape index (κ2) is 6.72. The largest absolute Gasteiger partial charge is 0.359 e. The monoisotopic (exact) mass is 363 g/mol. The summed E-state index contributed by atoms with van der Waals surface area (Å²) in [5.74, 6) is 0.0679. The van der Waals surface area contributed by atoms with Crippen molar-refractivity contribution < 1.29 is 13.7 Å². The summed E-state index contributed by atoms with van der Waals surface area (Å²) in [6.07, 6.45) is 0. The van der Waals surface area contributed by atoms with E-state index in [1.54, 1.807) is 24.9 Å². The lowest BCUT2D eigenvalue weighted by molar-refractivity contribution is 0.0766. The quantitative estimate of drug-likeness (QED) is 0.579. The Kier molecular flexibility index (Phi) is 4.24. The van der Waals surface area contributed by atoms with Crippen molar-refractivity contribution in [1.29, 1.82) is 0 Å². The summed E-state index contributed by atoms with van der Waals surface area (Å²) in [4.78, 5) is 17.5. The number of fused-ring (bicyclic) bond motifs is 1. The van der Waals surface area contributed by atoms with Crippen LogP contribution in [0, 0.1) is 12.7 Å². The number of benzene rings is 2. The molecule has 0 spiro atoms. The Labute approximate surface area is 155 Å². The van der Waals surface area contributed by atoms with E-state index in [1.165, 1.54) is 12.1 Å². The SMILES string of the molecule is Cc1c(C(=O)N(C)Cc2cc(-c3ccccc3)no2)[nH]c2ccc(F)cc12. The van der Waals surface area contributed by atoms with Crippen LogP contribution in [-0.4, -0.2) is 28.0 Å². The van der Waals surface area contributed by atoms with Crippen LogP contribution in [-0.2, 0) is 6.54 Å². The Morgan fingerprint density at radius 2 is 1.96 bits per heavy atom. The Morgan fingerprint density at radius 1 is 1.19 bits per heavy atom. The normalized spacial score (nSPS) is 11.1. The Balaban J connectivity index is 1.55. The zero-order chi connectivity index (χ0) is 19.0. The third-order valence-electron chi connectivity index (χ3n) is 4.60. The lowest BCUT2D eigenvalue weighted by Crippen LogP contribution is -2.26. The van der Waals surface area contributed by atoms with E-state index >= 15 is 0 Å². The van der Waals surface area contributed by atoms with Gasteiger partial charge in [-0.25, -0.2) is 4.39 Å². The maximum absolute atomic E-state index is 13.5. The fourth-order valence-electron chi connectivity index (χ4n) is 3.14. The highest BCUT2D eigenvalue weighted by Gasteiger charge is 2.20. The van der Waals surface area contributed by atoms with Crippen molar-refractivity contribution in [3.05, 3.63) is 77.4 Å². The number of carbonyl (C=O) groups excluding carboxylic acids is 1. The Morgan fingerprint density at radius 3 is 2.74 bits per heavy atom. The highest BCUT2D eigenvalue weighted by Crippen LogP contribution is 2.24. The Bertz CT molecular complexity index is 1120. The van der Waals surface area contributed by atoms with Gasteiger partial charge >= 0.3 is 0 Å². The van der Waals surface area contributed by atoms with Gasteiger partial charge in [-0.1, -0.05) is 35.5 Å². The van der Waals surface area contributed by atoms with Crippen LogP contribution in [0.3, 0.4) is 0 Å². The maximum atomic E-state index is 13.5. The number of H-pyrrole nitrogens is 1. The van der Waals surface area contributed by atoms with Gasteiger partial charge in [0.25, 0.3) is 5.91 Å². The molecule has 0 unspecified atom stereocenters. The minimum Gasteiger partial charge on any atom is -0.359 e. The molecule has 1 N–H and O–H groups in total. The predicted molar refractivity (Wildman–Crippen MR) is 101 cm³/mol. The van der Waals surface area contributed by atoms with Crippen LogP contribution in [0.4, 0.5) is 4.39 Å². The molecule has 6 heteroatoms. The van der Waals surface area contributed by atoms with Crippen LogP contribution in [0.2, 0.25) is 0 Å². The van der Waals surface area contributed by atoms with Crippen molar-refractivity contribution in [1.82, 2.24) is 15.0 Å². The number of halogens is 1. The summed E-state index contributed by atoms with van der Waals surface area (Å²) >= 11 is 0. The number of aromatic amines is 1. The summed E-state index contributed by atoms with van der Waals surface area (Å²) in [5, 5.41) is 4.78. The van der Waals surface area contributed by atoms with Crippen molar-refractivity contribution in [3.8, 4) is 11.3 Å². The summed E-state index contributed by atoms with van der Waals surface area (Å²) in [6.45, 7) is 2.09. The molecular formula is C21H18FN3O2. The minimum atomic E-state index is -0.327. The number of carbonyl (C=O) groups is 1. The van der Waals surface area contributed by atoms with Crippen LogP contribution < -0.4 is 0 Å². The number of amides is 1. The number of nitrogens with zero attached hydrogens (tertiary/aromatic N) is 2. The molecule has 136 valence electrons. The van der Waals surface area contributed by atoms with Crippen LogP contribution in [0.1, 0.15) is 21.8 Å². The average molecular weight is 363 g/mol. The van der Waals surface area contributed by atoms with Crippen molar-refractivity contribution in [2.45, 2.75) is 13.5 Å². The van der Waals surface area contributed by atoms with Gasteiger partial charge in [0.15, 0.2) is 5.76 Å². The number of aryl methyl sites for hydroxylation is 1. The predicted octanol–water partition coefficient (Wildman–Crippen LogP) is 4.54. The smallest absolute Gasteiger partial charge is 0.270 e. The molecule has 0 bridgehead atoms. The van der Waals surface area contributed by atoms with Gasteiger partial charge in [-0.3, -0.25) is 4.79 Å². The zero-order valence-corrected chi connectivity index (χ0v) is 15.0. The van der Waals surface area contributed by atoms with Gasteiger partial charge in [0.1, 0.15) is 17.2 Å². The van der Waals surface area contributed by atoms with Gasteiger partial charge in [-0.2, -0.15) is 0 Å². The van der Waals surface area contributed by atoms with E-state index < -0.39 is 0 Å². The van der Waals surface area contributed by atoms with Crippen molar-refractivity contribution in [2.75, 3.05) is 7.05 Å². The molecule has 0 saturated carbocycles. The van der Waals surface area contributed by atoms with E-state index in [2.05, 4.69) is 10.1 Å². The number of hydrogen-bond acceptors (Lipinski definition) is 3. The number of aromatic nitrogens is 2. The minimum absolute atomic E-state index is 0.193. The molecule has 5 nitrogen and oxygen atoms in total. The molecule has 1 amide bonds. The summed E-state index contributed by atoms with van der Waals surface area (Å²) in [7, 11) is 1.69. The molecule has 0 saturated heterocycles. The molecule has 0 aliphatic carbocycles. The summed E-state index contributed by atoms with van der Waals surface area (Å²) in [5.41, 5.74) is 3.58. The fraction of sp³-hybridized carbons (Fsp3) is 0.143. The van der Waals surface area contributed by atoms with Gasteiger partial charge in [-0.05, 0) is 30.7 Å². The van der Waals surface area contributed by atoms with E-state index in [0.717, 1.165) is 22.3 Å². The molecule has 4 rings (SSSR count). The first-order valence-corrected chi connectivity index (χ1v) is 8.57. The van der Waals surface area contributed by atoms with Crippen LogP contribution in [0.15, 0.2) is 59.1 Å². The molecule has 0 fully saturated rings. The van der Waals surface area contributed by atoms with Crippen LogP contribution >= 0.6 is 0 Å². The van der Waals surface area contributed by atoms with E-state index in [0.29, 0.717) is 16.8 Å². The van der Waals surface area contributed by atoms with Gasteiger partial charge in [0.05, 0.1) is 6.54 Å². The van der Waals surface area contributed by atoms with E-state index in [-0.39, 0.29) is 18.3 Å². The third-order valence-corrected chi connectivity index (χ3v) is 4.60. The molecule has 27 heavy (non-hydrogen) atoms. The molecule has 0 atom stereocenters. The molecule has 0 aliphatic heterocycles. The highest BCUT2D eigenvalue weighted by atomic mass is 19.1. The average Bonchev–Trinajstić information content (AvgIpc) is 3.27. The number of nitrogens with one attached hydrogen (secondary N) is 1. The van der Waals surface area contributed by atoms with Crippen LogP contribution in [0.25, 0.3) is 22.2 Å². The molecule has 2 aromatic carbocycles. The first-order chi connectivity index (χ1) is 13.0. The summed E-state index contributed by atoms with van der Waals surface area (Å²) in [6, 6.07) is 16.0. The van der Waals surface area contributed by atoms with Crippen molar-refractivity contribution in [2.24, 2.45) is 0 Å². The standard InChI is InChI=1S/C21H18FN3O2/c1-13-17-10-15(22)8-9-18(17)23-20(13)21(26)25(2)12-16-11-19(24-27-16)14-6-4-3-5-7-14/h3-11,23H,12H2,1-2H3. The van der Waals surface area contributed by atoms with Crippen LogP contribution in [0.5, 0.6) is 0 Å². The molecule has 0 aliphatic rings. The zero-order valence-electron chi connectivity index (χ0n) is 15.0. The highest BCUT2D eigenvalue weighted by molar-refractivity contribution is 6.00. The van der Waals surface area contributed by atoms with E-state index in [1.807, 2.05) is 36.4 Å². The van der Waals surface area contributed by atoms with Crippen molar-refractivity contribution in [3.63, 3.8) is 0 Å². The molecule has 2 aromatic heterocycles. The van der Waals surface area contributed by atoms with Gasteiger partial charge < -0.3 is 14.4 Å².